The Morgan fingerprint density at radius 3 is 1.76 bits per heavy atom. The maximum absolute atomic E-state index is 11.3. The maximum atomic E-state index is 11.3. The van der Waals surface area contributed by atoms with Crippen molar-refractivity contribution in [3.05, 3.63) is 54.6 Å². The van der Waals surface area contributed by atoms with Gasteiger partial charge in [0.1, 0.15) is 0 Å². The highest BCUT2D eigenvalue weighted by atomic mass is 33.1. The number of hydrogen-bond acceptors (Lipinski definition) is 4. The number of benzene rings is 2. The highest BCUT2D eigenvalue weighted by molar-refractivity contribution is 8.81. The second kappa shape index (κ2) is 5.82. The molecule has 9 heteroatoms. The van der Waals surface area contributed by atoms with Gasteiger partial charge in [0.15, 0.2) is 0 Å². The summed E-state index contributed by atoms with van der Waals surface area (Å²) in [6.07, 6.45) is -3.19. The second-order valence-corrected chi connectivity index (χ2v) is 12.5. The van der Waals surface area contributed by atoms with Gasteiger partial charge in [-0.15, -0.1) is 0 Å². The van der Waals surface area contributed by atoms with Crippen molar-refractivity contribution in [2.75, 3.05) is 0 Å². The molecule has 0 aliphatic carbocycles. The zero-order chi connectivity index (χ0) is 15.7. The smallest absolute Gasteiger partial charge is 0.282 e. The summed E-state index contributed by atoms with van der Waals surface area (Å²) in [5.74, 6) is 0. The second-order valence-electron chi connectivity index (χ2n) is 4.07. The molecule has 0 radical (unpaired) electrons. The van der Waals surface area contributed by atoms with Crippen molar-refractivity contribution in [2.45, 2.75) is 0 Å². The van der Waals surface area contributed by atoms with Crippen molar-refractivity contribution in [3.8, 4) is 11.1 Å². The molecule has 0 aromatic heterocycles. The fourth-order valence-electron chi connectivity index (χ4n) is 1.82. The van der Waals surface area contributed by atoms with Crippen LogP contribution in [0.25, 0.3) is 11.1 Å². The normalized spacial score (nSPS) is 12.5. The summed E-state index contributed by atoms with van der Waals surface area (Å²) in [5.41, 5.74) is 1.33. The van der Waals surface area contributed by atoms with Gasteiger partial charge in [-0.2, -0.15) is 16.8 Å². The molecule has 0 fully saturated rings. The van der Waals surface area contributed by atoms with Crippen LogP contribution in [0.1, 0.15) is 0 Å². The average Bonchev–Trinajstić information content (AvgIpc) is 2.37. The van der Waals surface area contributed by atoms with E-state index in [4.69, 9.17) is 9.11 Å². The lowest BCUT2D eigenvalue weighted by molar-refractivity contribution is 0.497. The van der Waals surface area contributed by atoms with Gasteiger partial charge in [0.05, 0.1) is 0 Å². The quantitative estimate of drug-likeness (QED) is 0.648. The molecule has 0 saturated heterocycles. The first-order chi connectivity index (χ1) is 9.69. The SMILES string of the molecule is O=S(=O)(O)P(c1cccc(-c2ccccc2)c1)S(=O)(=O)O. The van der Waals surface area contributed by atoms with Gasteiger partial charge < -0.3 is 0 Å². The van der Waals surface area contributed by atoms with E-state index >= 15 is 0 Å². The van der Waals surface area contributed by atoms with Gasteiger partial charge in [-0.3, -0.25) is 9.11 Å². The molecule has 0 aliphatic heterocycles. The van der Waals surface area contributed by atoms with Crippen LogP contribution < -0.4 is 5.30 Å². The van der Waals surface area contributed by atoms with Crippen molar-refractivity contribution in [2.24, 2.45) is 0 Å². The fourth-order valence-corrected chi connectivity index (χ4v) is 8.17. The molecule has 6 nitrogen and oxygen atoms in total. The molecular formula is C12H11O6PS2. The molecule has 0 atom stereocenters. The molecule has 0 unspecified atom stereocenters. The predicted octanol–water partition coefficient (Wildman–Crippen LogP) is 2.07. The van der Waals surface area contributed by atoms with Crippen LogP contribution >= 0.6 is 6.33 Å². The average molecular weight is 346 g/mol. The Morgan fingerprint density at radius 1 is 0.714 bits per heavy atom. The largest absolute Gasteiger partial charge is 0.302 e. The van der Waals surface area contributed by atoms with Gasteiger partial charge in [-0.1, -0.05) is 48.5 Å². The summed E-state index contributed by atoms with van der Waals surface area (Å²) in [6.45, 7) is 0. The van der Waals surface area contributed by atoms with Crippen LogP contribution in [0.4, 0.5) is 0 Å². The van der Waals surface area contributed by atoms with Crippen molar-refractivity contribution >= 4 is 31.1 Å². The van der Waals surface area contributed by atoms with Crippen LogP contribution in [0.5, 0.6) is 0 Å². The minimum absolute atomic E-state index is 0.170. The summed E-state index contributed by atoms with van der Waals surface area (Å²) in [5, 5.41) is -0.170. The summed E-state index contributed by atoms with van der Waals surface area (Å²) >= 11 is 0. The van der Waals surface area contributed by atoms with Crippen LogP contribution in [-0.4, -0.2) is 25.9 Å². The molecule has 0 spiro atoms. The summed E-state index contributed by atoms with van der Waals surface area (Å²) < 4.78 is 63.3. The lowest BCUT2D eigenvalue weighted by Crippen LogP contribution is -2.15. The molecule has 2 rings (SSSR count). The Morgan fingerprint density at radius 2 is 1.24 bits per heavy atom. The molecule has 0 aliphatic rings. The van der Waals surface area contributed by atoms with Crippen LogP contribution in [0.3, 0.4) is 0 Å². The highest BCUT2D eigenvalue weighted by Crippen LogP contribution is 2.46. The monoisotopic (exact) mass is 346 g/mol. The van der Waals surface area contributed by atoms with Crippen LogP contribution in [0, 0.1) is 0 Å². The Balaban J connectivity index is 2.60. The highest BCUT2D eigenvalue weighted by Gasteiger charge is 2.37. The van der Waals surface area contributed by atoms with Gasteiger partial charge in [0.25, 0.3) is 0 Å². The van der Waals surface area contributed by atoms with E-state index in [-0.39, 0.29) is 5.30 Å². The Bertz CT molecular complexity index is 814. The van der Waals surface area contributed by atoms with Crippen LogP contribution in [0.2, 0.25) is 0 Å². The predicted molar refractivity (Wildman–Crippen MR) is 81.5 cm³/mol. The molecule has 21 heavy (non-hydrogen) atoms. The minimum Gasteiger partial charge on any atom is -0.282 e. The lowest BCUT2D eigenvalue weighted by atomic mass is 10.1. The molecule has 2 aromatic carbocycles. The van der Waals surface area contributed by atoms with E-state index < -0.39 is 25.8 Å². The number of rotatable bonds is 4. The first-order valence-electron chi connectivity index (χ1n) is 5.60. The number of hydrogen-bond donors (Lipinski definition) is 2. The topological polar surface area (TPSA) is 109 Å². The standard InChI is InChI=1S/C12H11O6PS2/c13-20(14,15)19(21(16,17)18)12-8-4-7-11(9-12)10-5-2-1-3-6-10/h1-9H,(H,13,14,15)(H,16,17,18). The third kappa shape index (κ3) is 3.87. The molecule has 112 valence electrons. The molecule has 0 amide bonds. The first-order valence-corrected chi connectivity index (χ1v) is 11.0. The molecule has 2 N–H and O–H groups in total. The van der Waals surface area contributed by atoms with E-state index in [0.717, 1.165) is 5.56 Å². The Kier molecular flexibility index (Phi) is 4.46. The van der Waals surface area contributed by atoms with Gasteiger partial charge in [-0.25, -0.2) is 0 Å². The third-order valence-electron chi connectivity index (χ3n) is 2.58. The van der Waals surface area contributed by atoms with Crippen molar-refractivity contribution in [1.29, 1.82) is 0 Å². The van der Waals surface area contributed by atoms with Gasteiger partial charge in [0, 0.05) is 5.30 Å². The van der Waals surface area contributed by atoms with Crippen LogP contribution in [0.15, 0.2) is 54.6 Å². The fraction of sp³-hybridized carbons (Fsp3) is 0. The van der Waals surface area contributed by atoms with Gasteiger partial charge in [0.2, 0.25) is 6.33 Å². The van der Waals surface area contributed by atoms with Gasteiger partial charge >= 0.3 is 19.5 Å². The Hall–Kier alpha value is -1.31. The van der Waals surface area contributed by atoms with Crippen LogP contribution in [-0.2, 0) is 19.5 Å². The van der Waals surface area contributed by atoms with E-state index in [1.165, 1.54) is 18.2 Å². The van der Waals surface area contributed by atoms with E-state index in [1.807, 2.05) is 0 Å². The zero-order valence-corrected chi connectivity index (χ0v) is 13.0. The molecule has 0 bridgehead atoms. The Labute approximate surface area is 123 Å². The summed E-state index contributed by atoms with van der Waals surface area (Å²) in [6, 6.07) is 14.6. The van der Waals surface area contributed by atoms with E-state index in [2.05, 4.69) is 0 Å². The minimum atomic E-state index is -4.95. The molecule has 0 saturated carbocycles. The van der Waals surface area contributed by atoms with E-state index in [0.29, 0.717) is 5.56 Å². The first kappa shape index (κ1) is 16.1. The van der Waals surface area contributed by atoms with Crippen molar-refractivity contribution < 1.29 is 25.9 Å². The third-order valence-corrected chi connectivity index (χ3v) is 11.3. The zero-order valence-electron chi connectivity index (χ0n) is 10.5. The molecule has 0 heterocycles. The van der Waals surface area contributed by atoms with E-state index in [1.54, 1.807) is 36.4 Å². The van der Waals surface area contributed by atoms with E-state index in [9.17, 15) is 16.8 Å². The summed E-state index contributed by atoms with van der Waals surface area (Å²) in [4.78, 5) is 0. The summed E-state index contributed by atoms with van der Waals surface area (Å²) in [7, 11) is -9.90. The maximum Gasteiger partial charge on any atom is 0.302 e. The van der Waals surface area contributed by atoms with Crippen molar-refractivity contribution in [1.82, 2.24) is 0 Å². The van der Waals surface area contributed by atoms with Crippen molar-refractivity contribution in [3.63, 3.8) is 0 Å². The van der Waals surface area contributed by atoms with Gasteiger partial charge in [-0.05, 0) is 17.2 Å². The lowest BCUT2D eigenvalue weighted by Gasteiger charge is -2.12. The molecule has 2 aromatic rings. The molecular weight excluding hydrogens is 335 g/mol.